The lowest BCUT2D eigenvalue weighted by Gasteiger charge is -2.47. The molecule has 220 valence electrons. The van der Waals surface area contributed by atoms with Crippen molar-refractivity contribution in [3.8, 4) is 0 Å². The first-order valence-corrected chi connectivity index (χ1v) is 15.8. The van der Waals surface area contributed by atoms with E-state index >= 15 is 0 Å². The third-order valence-corrected chi connectivity index (χ3v) is 9.12. The molecule has 0 spiro atoms. The molecule has 0 unspecified atom stereocenters. The SMILES string of the molecule is C=Cc1cccc(CNC[C@H](O)[C@H](Cc2ccccc2)NC(=O)c2cc(NCC)cc(N3CCCCS3(O)O)c2)c1. The van der Waals surface area contributed by atoms with Gasteiger partial charge >= 0.3 is 0 Å². The molecule has 1 amide bonds. The van der Waals surface area contributed by atoms with Crippen LogP contribution < -0.4 is 20.3 Å². The number of hydrogen-bond donors (Lipinski definition) is 6. The van der Waals surface area contributed by atoms with E-state index in [0.29, 0.717) is 43.1 Å². The Kier molecular flexibility index (Phi) is 10.8. The second-order valence-corrected chi connectivity index (χ2v) is 12.5. The Hall–Kier alpha value is -3.34. The Labute approximate surface area is 245 Å². The fraction of sp³-hybridized carbons (Fsp3) is 0.344. The van der Waals surface area contributed by atoms with E-state index in [2.05, 4.69) is 22.5 Å². The van der Waals surface area contributed by atoms with Crippen LogP contribution in [0.2, 0.25) is 0 Å². The van der Waals surface area contributed by atoms with E-state index in [0.717, 1.165) is 35.2 Å². The molecule has 0 aromatic heterocycles. The van der Waals surface area contributed by atoms with Gasteiger partial charge in [-0.3, -0.25) is 18.2 Å². The molecule has 1 aliphatic heterocycles. The minimum absolute atomic E-state index is 0.285. The number of amides is 1. The van der Waals surface area contributed by atoms with Crippen LogP contribution >= 0.6 is 10.8 Å². The second kappa shape index (κ2) is 14.5. The highest BCUT2D eigenvalue weighted by atomic mass is 32.3. The summed E-state index contributed by atoms with van der Waals surface area (Å²) in [5, 5.41) is 20.9. The highest BCUT2D eigenvalue weighted by Crippen LogP contribution is 2.50. The van der Waals surface area contributed by atoms with Crippen molar-refractivity contribution in [3.63, 3.8) is 0 Å². The van der Waals surface area contributed by atoms with Gasteiger partial charge in [0.05, 0.1) is 23.6 Å². The van der Waals surface area contributed by atoms with Crippen LogP contribution in [0.5, 0.6) is 0 Å². The Morgan fingerprint density at radius 3 is 2.56 bits per heavy atom. The van der Waals surface area contributed by atoms with Crippen LogP contribution in [0.1, 0.15) is 46.8 Å². The molecule has 1 heterocycles. The summed E-state index contributed by atoms with van der Waals surface area (Å²) < 4.78 is 23.0. The van der Waals surface area contributed by atoms with Gasteiger partial charge in [0, 0.05) is 37.4 Å². The number of aliphatic hydroxyl groups excluding tert-OH is 1. The van der Waals surface area contributed by atoms with E-state index in [1.807, 2.05) is 67.6 Å². The molecule has 0 saturated carbocycles. The van der Waals surface area contributed by atoms with Gasteiger partial charge in [-0.2, -0.15) is 0 Å². The highest BCUT2D eigenvalue weighted by molar-refractivity contribution is 8.25. The summed E-state index contributed by atoms with van der Waals surface area (Å²) in [4.78, 5) is 13.7. The van der Waals surface area contributed by atoms with Crippen molar-refractivity contribution < 1.29 is 19.0 Å². The summed E-state index contributed by atoms with van der Waals surface area (Å²) in [5.41, 5.74) is 4.81. The van der Waals surface area contributed by atoms with Gasteiger partial charge in [-0.05, 0) is 61.1 Å². The summed E-state index contributed by atoms with van der Waals surface area (Å²) >= 11 is 0. The Morgan fingerprint density at radius 2 is 1.83 bits per heavy atom. The standard InChI is InChI=1S/C32H42N4O4S/c1-3-24-13-10-14-26(17-24)22-33-23-31(37)30(18-25-11-6-5-7-12-25)35-32(38)27-19-28(34-4-2)21-29(20-27)36-15-8-9-16-41(36,39)40/h3,5-7,10-14,17,19-21,30-31,33-34,37,39-40H,1,4,8-9,15-16,18,22-23H2,2H3,(H,35,38)/t30-,31-/m0/s1. The average Bonchev–Trinajstić information content (AvgIpc) is 2.97. The van der Waals surface area contributed by atoms with Gasteiger partial charge in [0.15, 0.2) is 0 Å². The molecule has 0 radical (unpaired) electrons. The molecule has 0 bridgehead atoms. The van der Waals surface area contributed by atoms with Crippen molar-refractivity contribution in [1.82, 2.24) is 10.6 Å². The van der Waals surface area contributed by atoms with Crippen molar-refractivity contribution in [2.24, 2.45) is 0 Å². The number of aliphatic hydroxyl groups is 1. The predicted molar refractivity (Wildman–Crippen MR) is 171 cm³/mol. The topological polar surface area (TPSA) is 117 Å². The normalized spacial score (nSPS) is 16.8. The Morgan fingerprint density at radius 1 is 1.05 bits per heavy atom. The molecule has 8 nitrogen and oxygen atoms in total. The molecule has 6 N–H and O–H groups in total. The van der Waals surface area contributed by atoms with E-state index < -0.39 is 22.9 Å². The predicted octanol–water partition coefficient (Wildman–Crippen LogP) is 5.52. The fourth-order valence-electron chi connectivity index (χ4n) is 5.04. The van der Waals surface area contributed by atoms with Crippen LogP contribution in [0.25, 0.3) is 6.08 Å². The first kappa shape index (κ1) is 30.6. The number of rotatable bonds is 13. The number of benzene rings is 3. The highest BCUT2D eigenvalue weighted by Gasteiger charge is 2.28. The van der Waals surface area contributed by atoms with Gasteiger partial charge in [-0.25, -0.2) is 0 Å². The lowest BCUT2D eigenvalue weighted by Crippen LogP contribution is -2.48. The maximum Gasteiger partial charge on any atom is 0.251 e. The Balaban J connectivity index is 1.52. The van der Waals surface area contributed by atoms with Gasteiger partial charge < -0.3 is 21.1 Å². The Bertz CT molecular complexity index is 1300. The number of carbonyl (C=O) groups excluding carboxylic acids is 1. The van der Waals surface area contributed by atoms with Gasteiger partial charge in [-0.1, -0.05) is 67.3 Å². The molecule has 4 rings (SSSR count). The molecule has 3 aromatic carbocycles. The van der Waals surface area contributed by atoms with E-state index in [1.54, 1.807) is 22.5 Å². The summed E-state index contributed by atoms with van der Waals surface area (Å²) in [6.07, 6.45) is 3.00. The third-order valence-electron chi connectivity index (χ3n) is 7.18. The number of carbonyl (C=O) groups is 1. The molecule has 41 heavy (non-hydrogen) atoms. The van der Waals surface area contributed by atoms with Gasteiger partial charge in [0.2, 0.25) is 0 Å². The van der Waals surface area contributed by atoms with E-state index in [1.165, 1.54) is 0 Å². The van der Waals surface area contributed by atoms with Crippen molar-refractivity contribution >= 4 is 34.1 Å². The maximum atomic E-state index is 13.7. The fourth-order valence-corrected chi connectivity index (χ4v) is 6.71. The van der Waals surface area contributed by atoms with Gasteiger partial charge in [-0.15, -0.1) is 10.8 Å². The number of nitrogens with one attached hydrogen (secondary N) is 3. The lowest BCUT2D eigenvalue weighted by atomic mass is 10.00. The first-order valence-electron chi connectivity index (χ1n) is 14.2. The van der Waals surface area contributed by atoms with E-state index in [9.17, 15) is 19.0 Å². The largest absolute Gasteiger partial charge is 0.390 e. The third kappa shape index (κ3) is 8.58. The van der Waals surface area contributed by atoms with Crippen LogP contribution in [0.15, 0.2) is 79.4 Å². The van der Waals surface area contributed by atoms with Gasteiger partial charge in [0.1, 0.15) is 0 Å². The molecule has 1 saturated heterocycles. The zero-order valence-electron chi connectivity index (χ0n) is 23.6. The van der Waals surface area contributed by atoms with Crippen LogP contribution in [-0.4, -0.2) is 57.7 Å². The zero-order chi connectivity index (χ0) is 29.2. The van der Waals surface area contributed by atoms with Crippen LogP contribution in [-0.2, 0) is 13.0 Å². The molecule has 0 aliphatic carbocycles. The summed E-state index contributed by atoms with van der Waals surface area (Å²) in [6, 6.07) is 22.5. The molecule has 3 aromatic rings. The molecule has 1 aliphatic rings. The molecule has 2 atom stereocenters. The van der Waals surface area contributed by atoms with Crippen molar-refractivity contribution in [2.75, 3.05) is 35.0 Å². The number of anilines is 2. The van der Waals surface area contributed by atoms with Crippen molar-refractivity contribution in [1.29, 1.82) is 0 Å². The maximum absolute atomic E-state index is 13.7. The number of nitrogens with zero attached hydrogens (tertiary/aromatic N) is 1. The van der Waals surface area contributed by atoms with Gasteiger partial charge in [0.25, 0.3) is 5.91 Å². The van der Waals surface area contributed by atoms with E-state index in [4.69, 9.17) is 0 Å². The molecule has 1 fully saturated rings. The second-order valence-electron chi connectivity index (χ2n) is 10.4. The smallest absolute Gasteiger partial charge is 0.251 e. The van der Waals surface area contributed by atoms with Crippen LogP contribution in [0.3, 0.4) is 0 Å². The molecular formula is C32H42N4O4S. The lowest BCUT2D eigenvalue weighted by molar-refractivity contribution is 0.0830. The number of hydrogen-bond acceptors (Lipinski definition) is 7. The monoisotopic (exact) mass is 578 g/mol. The summed E-state index contributed by atoms with van der Waals surface area (Å²) in [5.74, 6) is -0.0194. The molecular weight excluding hydrogens is 536 g/mol. The molecule has 9 heteroatoms. The zero-order valence-corrected chi connectivity index (χ0v) is 24.4. The van der Waals surface area contributed by atoms with Crippen LogP contribution in [0.4, 0.5) is 11.4 Å². The minimum Gasteiger partial charge on any atom is -0.390 e. The minimum atomic E-state index is -2.95. The van der Waals surface area contributed by atoms with Crippen molar-refractivity contribution in [2.45, 2.75) is 44.9 Å². The van der Waals surface area contributed by atoms with E-state index in [-0.39, 0.29) is 12.5 Å². The van der Waals surface area contributed by atoms with Crippen LogP contribution in [0, 0.1) is 0 Å². The van der Waals surface area contributed by atoms with Crippen molar-refractivity contribution in [3.05, 3.63) is 102 Å². The first-order chi connectivity index (χ1) is 19.8. The quantitative estimate of drug-likeness (QED) is 0.158. The average molecular weight is 579 g/mol. The summed E-state index contributed by atoms with van der Waals surface area (Å²) in [6.45, 7) is 7.80. The summed E-state index contributed by atoms with van der Waals surface area (Å²) in [7, 11) is -2.95.